The number of pyridine rings is 1. The Labute approximate surface area is 200 Å². The average molecular weight is 532 g/mol. The van der Waals surface area contributed by atoms with Crippen molar-refractivity contribution in [2.24, 2.45) is 10.9 Å². The van der Waals surface area contributed by atoms with Gasteiger partial charge >= 0.3 is 0 Å². The number of likely N-dealkylation sites (tertiary alicyclic amines) is 1. The molecule has 3 heterocycles. The fourth-order valence-electron chi connectivity index (χ4n) is 4.10. The molecular formula is C23H29IN6O. The molecule has 1 aliphatic heterocycles. The van der Waals surface area contributed by atoms with Gasteiger partial charge in [0.05, 0.1) is 0 Å². The monoisotopic (exact) mass is 532 g/mol. The van der Waals surface area contributed by atoms with E-state index in [4.69, 9.17) is 4.52 Å². The van der Waals surface area contributed by atoms with Crippen molar-refractivity contribution in [1.82, 2.24) is 25.3 Å². The van der Waals surface area contributed by atoms with Crippen LogP contribution in [0.15, 0.2) is 64.2 Å². The Kier molecular flexibility index (Phi) is 8.39. The van der Waals surface area contributed by atoms with E-state index >= 15 is 0 Å². The third kappa shape index (κ3) is 5.81. The molecule has 0 spiro atoms. The van der Waals surface area contributed by atoms with Gasteiger partial charge in [-0.2, -0.15) is 4.98 Å². The van der Waals surface area contributed by atoms with Crippen LogP contribution in [0.1, 0.15) is 30.7 Å². The van der Waals surface area contributed by atoms with Crippen LogP contribution < -0.4 is 5.32 Å². The van der Waals surface area contributed by atoms with Crippen LogP contribution in [-0.2, 0) is 6.42 Å². The van der Waals surface area contributed by atoms with Crippen molar-refractivity contribution in [1.29, 1.82) is 0 Å². The first kappa shape index (κ1) is 23.2. The molecule has 7 nitrogen and oxygen atoms in total. The van der Waals surface area contributed by atoms with Gasteiger partial charge in [0.25, 0.3) is 5.89 Å². The molecule has 3 aromatic rings. The minimum atomic E-state index is 0. The molecule has 0 radical (unpaired) electrons. The molecule has 0 bridgehead atoms. The van der Waals surface area contributed by atoms with E-state index in [1.165, 1.54) is 5.56 Å². The van der Waals surface area contributed by atoms with E-state index in [-0.39, 0.29) is 24.0 Å². The number of aliphatic imine (C=N–C) groups is 1. The first-order chi connectivity index (χ1) is 14.7. The summed E-state index contributed by atoms with van der Waals surface area (Å²) in [4.78, 5) is 15.5. The number of nitrogens with zero attached hydrogens (tertiary/aromatic N) is 5. The molecule has 1 aliphatic rings. The standard InChI is InChI=1S/C23H28N6O.HI/c1-17-16-29(15-12-19(17)18-8-4-3-5-9-18)23(24-2)26-14-11-21-27-22(30-28-21)20-10-6-7-13-25-20;/h3-10,13,17,19H,11-12,14-16H2,1-2H3,(H,24,26);1H. The number of guanidine groups is 1. The van der Waals surface area contributed by atoms with Crippen LogP contribution >= 0.6 is 24.0 Å². The number of aromatic nitrogens is 3. The summed E-state index contributed by atoms with van der Waals surface area (Å²) in [7, 11) is 1.84. The van der Waals surface area contributed by atoms with E-state index < -0.39 is 0 Å². The van der Waals surface area contributed by atoms with Crippen LogP contribution in [0.5, 0.6) is 0 Å². The van der Waals surface area contributed by atoms with E-state index in [1.54, 1.807) is 6.20 Å². The van der Waals surface area contributed by atoms with Crippen molar-refractivity contribution in [2.75, 3.05) is 26.7 Å². The van der Waals surface area contributed by atoms with Gasteiger partial charge in [0.15, 0.2) is 11.8 Å². The first-order valence-electron chi connectivity index (χ1n) is 10.5. The minimum Gasteiger partial charge on any atom is -0.356 e. The lowest BCUT2D eigenvalue weighted by atomic mass is 9.82. The summed E-state index contributed by atoms with van der Waals surface area (Å²) < 4.78 is 5.33. The predicted molar refractivity (Wildman–Crippen MR) is 133 cm³/mol. The molecule has 4 rings (SSSR count). The lowest BCUT2D eigenvalue weighted by Gasteiger charge is -2.38. The van der Waals surface area contributed by atoms with E-state index in [0.717, 1.165) is 25.5 Å². The Morgan fingerprint density at radius 2 is 2.00 bits per heavy atom. The van der Waals surface area contributed by atoms with Crippen LogP contribution in [0.25, 0.3) is 11.6 Å². The van der Waals surface area contributed by atoms with Crippen molar-refractivity contribution in [3.8, 4) is 11.6 Å². The molecular weight excluding hydrogens is 503 g/mol. The fraction of sp³-hybridized carbons (Fsp3) is 0.391. The van der Waals surface area contributed by atoms with Gasteiger partial charge < -0.3 is 14.7 Å². The highest BCUT2D eigenvalue weighted by molar-refractivity contribution is 14.0. The molecule has 1 fully saturated rings. The fourth-order valence-corrected chi connectivity index (χ4v) is 4.10. The van der Waals surface area contributed by atoms with Crippen LogP contribution in [-0.4, -0.2) is 52.7 Å². The summed E-state index contributed by atoms with van der Waals surface area (Å²) in [6.45, 7) is 5.01. The molecule has 164 valence electrons. The van der Waals surface area contributed by atoms with Crippen molar-refractivity contribution in [3.05, 3.63) is 66.1 Å². The smallest absolute Gasteiger partial charge is 0.276 e. The van der Waals surface area contributed by atoms with Gasteiger partial charge in [-0.05, 0) is 36.0 Å². The Bertz CT molecular complexity index is 962. The van der Waals surface area contributed by atoms with Crippen LogP contribution in [0.2, 0.25) is 0 Å². The summed E-state index contributed by atoms with van der Waals surface area (Å²) in [5.41, 5.74) is 2.13. The lowest BCUT2D eigenvalue weighted by Crippen LogP contribution is -2.48. The second-order valence-electron chi connectivity index (χ2n) is 7.68. The highest BCUT2D eigenvalue weighted by Gasteiger charge is 2.28. The van der Waals surface area contributed by atoms with Gasteiger partial charge in [-0.25, -0.2) is 0 Å². The molecule has 0 amide bonds. The van der Waals surface area contributed by atoms with Crippen molar-refractivity contribution in [3.63, 3.8) is 0 Å². The van der Waals surface area contributed by atoms with Crippen LogP contribution in [0, 0.1) is 5.92 Å². The predicted octanol–water partition coefficient (Wildman–Crippen LogP) is 3.99. The van der Waals surface area contributed by atoms with Gasteiger partial charge in [-0.1, -0.05) is 48.5 Å². The zero-order valence-electron chi connectivity index (χ0n) is 17.9. The summed E-state index contributed by atoms with van der Waals surface area (Å²) in [6, 6.07) is 16.5. The van der Waals surface area contributed by atoms with E-state index in [1.807, 2.05) is 25.2 Å². The number of hydrogen-bond acceptors (Lipinski definition) is 5. The van der Waals surface area contributed by atoms with Crippen LogP contribution in [0.3, 0.4) is 0 Å². The topological polar surface area (TPSA) is 79.4 Å². The largest absolute Gasteiger partial charge is 0.356 e. The number of hydrogen-bond donors (Lipinski definition) is 1. The highest BCUT2D eigenvalue weighted by atomic mass is 127. The average Bonchev–Trinajstić information content (AvgIpc) is 3.27. The highest BCUT2D eigenvalue weighted by Crippen LogP contribution is 2.32. The van der Waals surface area contributed by atoms with Crippen molar-refractivity contribution >= 4 is 29.9 Å². The molecule has 1 N–H and O–H groups in total. The zero-order chi connectivity index (χ0) is 20.8. The van der Waals surface area contributed by atoms with Crippen LogP contribution in [0.4, 0.5) is 0 Å². The van der Waals surface area contributed by atoms with Gasteiger partial charge in [-0.15, -0.1) is 24.0 Å². The lowest BCUT2D eigenvalue weighted by molar-refractivity contribution is 0.234. The maximum atomic E-state index is 5.33. The molecule has 2 atom stereocenters. The number of nitrogens with one attached hydrogen (secondary N) is 1. The normalized spacial score (nSPS) is 19.0. The second kappa shape index (κ2) is 11.2. The maximum Gasteiger partial charge on any atom is 0.276 e. The summed E-state index contributed by atoms with van der Waals surface area (Å²) in [6.07, 6.45) is 3.50. The van der Waals surface area contributed by atoms with Crippen molar-refractivity contribution in [2.45, 2.75) is 25.7 Å². The molecule has 0 saturated carbocycles. The molecule has 2 unspecified atom stereocenters. The Balaban J connectivity index is 0.00000272. The second-order valence-corrected chi connectivity index (χ2v) is 7.68. The number of rotatable bonds is 5. The molecule has 2 aromatic heterocycles. The molecule has 1 aromatic carbocycles. The van der Waals surface area contributed by atoms with Crippen molar-refractivity contribution < 1.29 is 4.52 Å². The summed E-state index contributed by atoms with van der Waals surface area (Å²) in [5, 5.41) is 7.51. The SMILES string of the molecule is CN=C(NCCc1noc(-c2ccccn2)n1)N1CCC(c2ccccc2)C(C)C1.I. The number of benzene rings is 1. The third-order valence-corrected chi connectivity index (χ3v) is 5.63. The quantitative estimate of drug-likeness (QED) is 0.304. The Morgan fingerprint density at radius 3 is 2.71 bits per heavy atom. The van der Waals surface area contributed by atoms with E-state index in [9.17, 15) is 0 Å². The summed E-state index contributed by atoms with van der Waals surface area (Å²) >= 11 is 0. The minimum absolute atomic E-state index is 0. The number of piperidine rings is 1. The molecule has 8 heteroatoms. The molecule has 0 aliphatic carbocycles. The van der Waals surface area contributed by atoms with Gasteiger partial charge in [0.1, 0.15) is 5.69 Å². The summed E-state index contributed by atoms with van der Waals surface area (Å²) in [5.74, 6) is 3.21. The maximum absolute atomic E-state index is 5.33. The Morgan fingerprint density at radius 1 is 1.19 bits per heavy atom. The Hall–Kier alpha value is -2.49. The molecule has 1 saturated heterocycles. The third-order valence-electron chi connectivity index (χ3n) is 5.63. The van der Waals surface area contributed by atoms with E-state index in [2.05, 4.69) is 67.6 Å². The van der Waals surface area contributed by atoms with E-state index in [0.29, 0.717) is 42.2 Å². The van der Waals surface area contributed by atoms with Gasteiger partial charge in [0.2, 0.25) is 0 Å². The first-order valence-corrected chi connectivity index (χ1v) is 10.5. The zero-order valence-corrected chi connectivity index (χ0v) is 20.3. The van der Waals surface area contributed by atoms with Gasteiger partial charge in [-0.3, -0.25) is 9.98 Å². The molecule has 31 heavy (non-hydrogen) atoms. The number of halogens is 1. The van der Waals surface area contributed by atoms with Gasteiger partial charge in [0, 0.05) is 39.3 Å².